The Balaban J connectivity index is 2.43. The number of nitrogens with two attached hydrogens (primary N) is 1. The van der Waals surface area contributed by atoms with Gasteiger partial charge < -0.3 is 16.2 Å². The number of aryl methyl sites for hydroxylation is 1. The highest BCUT2D eigenvalue weighted by atomic mass is 16.3. The molecular weight excluding hydrogens is 194 g/mol. The largest absolute Gasteiger partial charge is 0.506 e. The van der Waals surface area contributed by atoms with Crippen LogP contribution in [0.3, 0.4) is 0 Å². The Morgan fingerprint density at radius 1 is 1.60 bits per heavy atom. The summed E-state index contributed by atoms with van der Waals surface area (Å²) in [4.78, 5) is 14.6. The molecule has 0 fully saturated rings. The van der Waals surface area contributed by atoms with Crippen LogP contribution in [0.15, 0.2) is 12.1 Å². The molecule has 0 aliphatic heterocycles. The van der Waals surface area contributed by atoms with Gasteiger partial charge in [-0.25, -0.2) is 0 Å². The molecule has 0 saturated carbocycles. The molecule has 1 heterocycles. The molecule has 0 aliphatic rings. The molecule has 4 N–H and O–H groups in total. The molecule has 5 nitrogen and oxygen atoms in total. The van der Waals surface area contributed by atoms with E-state index in [9.17, 15) is 9.90 Å². The molecule has 5 heteroatoms. The van der Waals surface area contributed by atoms with Crippen LogP contribution in [0.25, 0.3) is 0 Å². The van der Waals surface area contributed by atoms with E-state index < -0.39 is 0 Å². The molecule has 0 bridgehead atoms. The Kier molecular flexibility index (Phi) is 4.05. The highest BCUT2D eigenvalue weighted by molar-refractivity contribution is 5.73. The lowest BCUT2D eigenvalue weighted by Crippen LogP contribution is -2.22. The minimum absolute atomic E-state index is 0.159. The standard InChI is InChI=1S/C10H15N3O2/c1-7-2-3-9(14)8(13-7)6-12-5-4-10(11)15/h2-3,12,14H,4-6H2,1H3,(H2,11,15). The predicted molar refractivity (Wildman–Crippen MR) is 56.2 cm³/mol. The van der Waals surface area contributed by atoms with E-state index in [1.54, 1.807) is 12.1 Å². The van der Waals surface area contributed by atoms with E-state index in [1.807, 2.05) is 6.92 Å². The van der Waals surface area contributed by atoms with Crippen molar-refractivity contribution in [2.75, 3.05) is 6.54 Å². The Morgan fingerprint density at radius 3 is 3.00 bits per heavy atom. The number of aromatic nitrogens is 1. The van der Waals surface area contributed by atoms with Gasteiger partial charge in [0, 0.05) is 25.2 Å². The van der Waals surface area contributed by atoms with Gasteiger partial charge in [-0.2, -0.15) is 0 Å². The van der Waals surface area contributed by atoms with Crippen molar-refractivity contribution in [2.45, 2.75) is 19.9 Å². The fraction of sp³-hybridized carbons (Fsp3) is 0.400. The lowest BCUT2D eigenvalue weighted by molar-refractivity contribution is -0.117. The molecule has 1 rings (SSSR count). The molecule has 0 radical (unpaired) electrons. The Morgan fingerprint density at radius 2 is 2.33 bits per heavy atom. The zero-order valence-electron chi connectivity index (χ0n) is 8.66. The summed E-state index contributed by atoms with van der Waals surface area (Å²) in [6.45, 7) is 2.78. The molecule has 1 amide bonds. The molecular formula is C10H15N3O2. The third kappa shape index (κ3) is 3.95. The van der Waals surface area contributed by atoms with Crippen LogP contribution in [-0.4, -0.2) is 22.5 Å². The van der Waals surface area contributed by atoms with E-state index in [2.05, 4.69) is 10.3 Å². The molecule has 0 unspecified atom stereocenters. The maximum Gasteiger partial charge on any atom is 0.218 e. The third-order valence-corrected chi connectivity index (χ3v) is 1.93. The second kappa shape index (κ2) is 5.31. The molecule has 15 heavy (non-hydrogen) atoms. The average Bonchev–Trinajstić information content (AvgIpc) is 2.17. The fourth-order valence-electron chi connectivity index (χ4n) is 1.15. The summed E-state index contributed by atoms with van der Waals surface area (Å²) in [6, 6.07) is 3.34. The third-order valence-electron chi connectivity index (χ3n) is 1.93. The van der Waals surface area contributed by atoms with Crippen LogP contribution in [0.5, 0.6) is 5.75 Å². The van der Waals surface area contributed by atoms with Gasteiger partial charge in [0.15, 0.2) is 0 Å². The van der Waals surface area contributed by atoms with Crippen LogP contribution >= 0.6 is 0 Å². The van der Waals surface area contributed by atoms with Gasteiger partial charge in [0.25, 0.3) is 0 Å². The van der Waals surface area contributed by atoms with Crippen LogP contribution in [0.1, 0.15) is 17.8 Å². The lowest BCUT2D eigenvalue weighted by Gasteiger charge is -2.05. The molecule has 0 aromatic carbocycles. The van der Waals surface area contributed by atoms with E-state index in [1.165, 1.54) is 0 Å². The number of nitrogens with zero attached hydrogens (tertiary/aromatic N) is 1. The summed E-state index contributed by atoms with van der Waals surface area (Å²) >= 11 is 0. The smallest absolute Gasteiger partial charge is 0.218 e. The van der Waals surface area contributed by atoms with Crippen molar-refractivity contribution in [1.82, 2.24) is 10.3 Å². The summed E-state index contributed by atoms with van der Waals surface area (Å²) in [6.07, 6.45) is 0.284. The summed E-state index contributed by atoms with van der Waals surface area (Å²) < 4.78 is 0. The first-order valence-electron chi connectivity index (χ1n) is 4.74. The summed E-state index contributed by atoms with van der Waals surface area (Å²) in [5.41, 5.74) is 6.41. The topological polar surface area (TPSA) is 88.2 Å². The minimum Gasteiger partial charge on any atom is -0.506 e. The number of hydrogen-bond donors (Lipinski definition) is 3. The van der Waals surface area contributed by atoms with Crippen molar-refractivity contribution in [3.05, 3.63) is 23.5 Å². The maximum atomic E-state index is 10.4. The highest BCUT2D eigenvalue weighted by Crippen LogP contribution is 2.13. The molecule has 0 spiro atoms. The first-order chi connectivity index (χ1) is 7.09. The van der Waals surface area contributed by atoms with E-state index in [-0.39, 0.29) is 18.1 Å². The Bertz CT molecular complexity index is 353. The van der Waals surface area contributed by atoms with E-state index in [0.29, 0.717) is 18.8 Å². The van der Waals surface area contributed by atoms with Gasteiger partial charge in [-0.15, -0.1) is 0 Å². The summed E-state index contributed by atoms with van der Waals surface area (Å²) in [5.74, 6) is -0.184. The molecule has 1 aromatic rings. The number of aromatic hydroxyl groups is 1. The maximum absolute atomic E-state index is 10.4. The van der Waals surface area contributed by atoms with Gasteiger partial charge in [-0.1, -0.05) is 0 Å². The quantitative estimate of drug-likeness (QED) is 0.598. The Labute approximate surface area is 88.3 Å². The fourth-order valence-corrected chi connectivity index (χ4v) is 1.15. The number of nitrogens with one attached hydrogen (secondary N) is 1. The van der Waals surface area contributed by atoms with Crippen LogP contribution in [0, 0.1) is 6.92 Å². The molecule has 0 atom stereocenters. The van der Waals surface area contributed by atoms with Crippen molar-refractivity contribution < 1.29 is 9.90 Å². The normalized spacial score (nSPS) is 10.2. The van der Waals surface area contributed by atoms with Crippen LogP contribution in [0.2, 0.25) is 0 Å². The number of primary amides is 1. The van der Waals surface area contributed by atoms with Gasteiger partial charge in [0.2, 0.25) is 5.91 Å². The van der Waals surface area contributed by atoms with Gasteiger partial charge in [-0.05, 0) is 19.1 Å². The number of pyridine rings is 1. The van der Waals surface area contributed by atoms with Crippen molar-refractivity contribution in [3.63, 3.8) is 0 Å². The van der Waals surface area contributed by atoms with Crippen molar-refractivity contribution in [1.29, 1.82) is 0 Å². The van der Waals surface area contributed by atoms with Crippen LogP contribution < -0.4 is 11.1 Å². The zero-order valence-corrected chi connectivity index (χ0v) is 8.66. The number of rotatable bonds is 5. The highest BCUT2D eigenvalue weighted by Gasteiger charge is 2.02. The molecule has 0 saturated heterocycles. The van der Waals surface area contributed by atoms with Gasteiger partial charge in [0.1, 0.15) is 5.75 Å². The van der Waals surface area contributed by atoms with E-state index in [4.69, 9.17) is 5.73 Å². The molecule has 82 valence electrons. The second-order valence-electron chi connectivity index (χ2n) is 3.31. The van der Waals surface area contributed by atoms with Gasteiger partial charge >= 0.3 is 0 Å². The molecule has 1 aromatic heterocycles. The Hall–Kier alpha value is -1.62. The molecule has 0 aliphatic carbocycles. The van der Waals surface area contributed by atoms with Crippen molar-refractivity contribution >= 4 is 5.91 Å². The van der Waals surface area contributed by atoms with E-state index >= 15 is 0 Å². The monoisotopic (exact) mass is 209 g/mol. The number of hydrogen-bond acceptors (Lipinski definition) is 4. The van der Waals surface area contributed by atoms with Crippen molar-refractivity contribution in [3.8, 4) is 5.75 Å². The minimum atomic E-state index is -0.344. The summed E-state index contributed by atoms with van der Waals surface area (Å²) in [7, 11) is 0. The second-order valence-corrected chi connectivity index (χ2v) is 3.31. The van der Waals surface area contributed by atoms with Crippen LogP contribution in [0.4, 0.5) is 0 Å². The van der Waals surface area contributed by atoms with Crippen molar-refractivity contribution in [2.24, 2.45) is 5.73 Å². The van der Waals surface area contributed by atoms with Crippen LogP contribution in [-0.2, 0) is 11.3 Å². The zero-order chi connectivity index (χ0) is 11.3. The average molecular weight is 209 g/mol. The lowest BCUT2D eigenvalue weighted by atomic mass is 10.3. The number of carbonyl (C=O) groups excluding carboxylic acids is 1. The number of amides is 1. The number of carbonyl (C=O) groups is 1. The summed E-state index contributed by atoms with van der Waals surface area (Å²) in [5, 5.41) is 12.4. The first kappa shape index (κ1) is 11.5. The predicted octanol–water partition coefficient (Wildman–Crippen LogP) is 0.0606. The SMILES string of the molecule is Cc1ccc(O)c(CNCCC(N)=O)n1. The first-order valence-corrected chi connectivity index (χ1v) is 4.74. The van der Waals surface area contributed by atoms with Gasteiger partial charge in [0.05, 0.1) is 5.69 Å². The van der Waals surface area contributed by atoms with E-state index in [0.717, 1.165) is 5.69 Å². The van der Waals surface area contributed by atoms with Gasteiger partial charge in [-0.3, -0.25) is 9.78 Å².